The summed E-state index contributed by atoms with van der Waals surface area (Å²) in [4.78, 5) is 8.84. The minimum Gasteiger partial charge on any atom is -0.274 e. The van der Waals surface area contributed by atoms with E-state index in [1.165, 1.54) is 0 Å². The Morgan fingerprint density at radius 2 is 1.78 bits per heavy atom. The van der Waals surface area contributed by atoms with Gasteiger partial charge in [0.15, 0.2) is 0 Å². The van der Waals surface area contributed by atoms with Crippen LogP contribution in [0.5, 0.6) is 0 Å². The lowest BCUT2D eigenvalue weighted by Crippen LogP contribution is -1.91. The molecule has 0 amide bonds. The van der Waals surface area contributed by atoms with Gasteiger partial charge < -0.3 is 0 Å². The van der Waals surface area contributed by atoms with Crippen molar-refractivity contribution in [2.75, 3.05) is 0 Å². The molecule has 0 radical (unpaired) electrons. The third-order valence-electron chi connectivity index (χ3n) is 1.23. The maximum Gasteiger partial charge on any atom is 0.340 e. The highest BCUT2D eigenvalue weighted by atomic mass is 16.1. The van der Waals surface area contributed by atoms with Gasteiger partial charge in [-0.25, -0.2) is 0 Å². The van der Waals surface area contributed by atoms with Crippen LogP contribution in [0, 0.1) is 0 Å². The zero-order chi connectivity index (χ0) is 6.69. The standard InChI is InChI=1S/C8H8O/c1-2-7-3-5-8(9)6-4-7/h2-6H,1H3/p+1. The monoisotopic (exact) mass is 121 g/mol. The number of allylic oxidation sites excluding steroid dienone is 6. The predicted molar refractivity (Wildman–Crippen MR) is 39.0 cm³/mol. The van der Waals surface area contributed by atoms with Crippen LogP contribution in [0.1, 0.15) is 6.92 Å². The highest BCUT2D eigenvalue weighted by Crippen LogP contribution is 2.03. The quantitative estimate of drug-likeness (QED) is 0.434. The Labute approximate surface area is 54.4 Å². The van der Waals surface area contributed by atoms with Gasteiger partial charge in [0.25, 0.3) is 0 Å². The highest BCUT2D eigenvalue weighted by molar-refractivity contribution is 6.02. The summed E-state index contributed by atoms with van der Waals surface area (Å²) < 4.78 is 0. The van der Waals surface area contributed by atoms with Gasteiger partial charge in [-0.05, 0) is 24.6 Å². The summed E-state index contributed by atoms with van der Waals surface area (Å²) in [6.45, 7) is 1.96. The first kappa shape index (κ1) is 6.02. The molecule has 1 aliphatic rings. The van der Waals surface area contributed by atoms with E-state index in [0.29, 0.717) is 5.78 Å². The highest BCUT2D eigenvalue weighted by Gasteiger charge is 2.00. The molecule has 0 atom stereocenters. The fraction of sp³-hybridized carbons (Fsp3) is 0.125. The largest absolute Gasteiger partial charge is 0.340 e. The zero-order valence-electron chi connectivity index (χ0n) is 5.33. The second-order valence-corrected chi connectivity index (χ2v) is 1.88. The predicted octanol–water partition coefficient (Wildman–Crippen LogP) is 1.60. The van der Waals surface area contributed by atoms with E-state index in [1.807, 2.05) is 25.2 Å². The molecular formula is C8H9O+. The molecule has 1 nitrogen and oxygen atoms in total. The number of rotatable bonds is 0. The molecule has 0 aromatic rings. The van der Waals surface area contributed by atoms with Gasteiger partial charge in [0.1, 0.15) is 0 Å². The first-order chi connectivity index (χ1) is 4.33. The Hall–Kier alpha value is -1.11. The van der Waals surface area contributed by atoms with Crippen molar-refractivity contribution in [2.24, 2.45) is 0 Å². The molecule has 1 aliphatic carbocycles. The van der Waals surface area contributed by atoms with Crippen LogP contribution in [0.4, 0.5) is 0 Å². The normalized spacial score (nSPS) is 16.6. The van der Waals surface area contributed by atoms with Gasteiger partial charge in [0, 0.05) is 12.2 Å². The molecule has 0 fully saturated rings. The molecule has 46 valence electrons. The Bertz CT molecular complexity index is 189. The number of hydrogen-bond donors (Lipinski definition) is 0. The molecular weight excluding hydrogens is 112 g/mol. The molecule has 1 N–H and O–H groups in total. The van der Waals surface area contributed by atoms with E-state index in [9.17, 15) is 0 Å². The van der Waals surface area contributed by atoms with E-state index < -0.39 is 0 Å². The second-order valence-electron chi connectivity index (χ2n) is 1.88. The van der Waals surface area contributed by atoms with Crippen LogP contribution in [0.15, 0.2) is 36.0 Å². The molecule has 0 aromatic heterocycles. The van der Waals surface area contributed by atoms with Crippen LogP contribution in [0.2, 0.25) is 0 Å². The van der Waals surface area contributed by atoms with Crippen LogP contribution in [0.25, 0.3) is 0 Å². The van der Waals surface area contributed by atoms with Gasteiger partial charge in [-0.1, -0.05) is 6.08 Å². The Balaban J connectivity index is 2.82. The van der Waals surface area contributed by atoms with E-state index in [2.05, 4.69) is 0 Å². The lowest BCUT2D eigenvalue weighted by molar-refractivity contribution is 0.683. The second kappa shape index (κ2) is 2.44. The summed E-state index contributed by atoms with van der Waals surface area (Å²) in [6, 6.07) is 0. The van der Waals surface area contributed by atoms with Crippen molar-refractivity contribution >= 4 is 5.78 Å². The van der Waals surface area contributed by atoms with Gasteiger partial charge >= 0.3 is 5.78 Å². The topological polar surface area (TPSA) is 21.4 Å². The van der Waals surface area contributed by atoms with Crippen LogP contribution in [-0.4, -0.2) is 10.6 Å². The van der Waals surface area contributed by atoms with Crippen molar-refractivity contribution in [3.05, 3.63) is 36.0 Å². The van der Waals surface area contributed by atoms with Crippen LogP contribution in [0.3, 0.4) is 0 Å². The minimum atomic E-state index is 0.320. The van der Waals surface area contributed by atoms with E-state index in [1.54, 1.807) is 12.2 Å². The molecule has 0 aliphatic heterocycles. The lowest BCUT2D eigenvalue weighted by Gasteiger charge is -1.91. The summed E-state index contributed by atoms with van der Waals surface area (Å²) in [5, 5.41) is 0. The van der Waals surface area contributed by atoms with Crippen molar-refractivity contribution < 1.29 is 4.79 Å². The molecule has 1 heteroatoms. The lowest BCUT2D eigenvalue weighted by atomic mass is 10.1. The van der Waals surface area contributed by atoms with E-state index in [4.69, 9.17) is 4.79 Å². The maximum atomic E-state index is 8.84. The molecule has 0 spiro atoms. The van der Waals surface area contributed by atoms with Crippen molar-refractivity contribution in [3.8, 4) is 0 Å². The molecule has 0 bridgehead atoms. The molecule has 0 unspecified atom stereocenters. The van der Waals surface area contributed by atoms with Crippen molar-refractivity contribution in [3.63, 3.8) is 0 Å². The molecule has 0 saturated heterocycles. The van der Waals surface area contributed by atoms with Crippen molar-refractivity contribution in [1.29, 1.82) is 0 Å². The number of carbonyl (C=O) groups excluding carboxylic acids is 1. The molecule has 0 heterocycles. The Morgan fingerprint density at radius 3 is 2.22 bits per heavy atom. The average molecular weight is 121 g/mol. The van der Waals surface area contributed by atoms with Crippen LogP contribution >= 0.6 is 0 Å². The van der Waals surface area contributed by atoms with E-state index in [-0.39, 0.29) is 0 Å². The molecule has 0 aromatic carbocycles. The fourth-order valence-electron chi connectivity index (χ4n) is 0.667. The Morgan fingerprint density at radius 1 is 1.22 bits per heavy atom. The summed E-state index contributed by atoms with van der Waals surface area (Å²) >= 11 is 0. The summed E-state index contributed by atoms with van der Waals surface area (Å²) in [5.74, 6) is 0.320. The maximum absolute atomic E-state index is 8.84. The third kappa shape index (κ3) is 1.39. The fourth-order valence-corrected chi connectivity index (χ4v) is 0.667. The summed E-state index contributed by atoms with van der Waals surface area (Å²) in [6.07, 6.45) is 9.08. The van der Waals surface area contributed by atoms with Gasteiger partial charge in [-0.2, -0.15) is 0 Å². The van der Waals surface area contributed by atoms with Gasteiger partial charge in [0.2, 0.25) is 0 Å². The van der Waals surface area contributed by atoms with E-state index in [0.717, 1.165) is 5.57 Å². The smallest absolute Gasteiger partial charge is 0.274 e. The van der Waals surface area contributed by atoms with Gasteiger partial charge in [-0.15, -0.1) is 0 Å². The molecule has 0 saturated carbocycles. The SMILES string of the molecule is CC=C1C=CC(=[OH+])C=C1. The third-order valence-corrected chi connectivity index (χ3v) is 1.23. The van der Waals surface area contributed by atoms with E-state index >= 15 is 0 Å². The summed E-state index contributed by atoms with van der Waals surface area (Å²) in [7, 11) is 0. The van der Waals surface area contributed by atoms with Crippen LogP contribution < -0.4 is 0 Å². The van der Waals surface area contributed by atoms with Gasteiger partial charge in [-0.3, -0.25) is 4.79 Å². The molecule has 1 rings (SSSR count). The first-order valence-corrected chi connectivity index (χ1v) is 2.91. The Kier molecular flexibility index (Phi) is 1.63. The zero-order valence-corrected chi connectivity index (χ0v) is 5.33. The van der Waals surface area contributed by atoms with Gasteiger partial charge in [0.05, 0.1) is 0 Å². The number of hydrogen-bond acceptors (Lipinski definition) is 0. The summed E-state index contributed by atoms with van der Waals surface area (Å²) in [5.41, 5.74) is 1.13. The molecule has 9 heavy (non-hydrogen) atoms. The minimum absolute atomic E-state index is 0.320. The first-order valence-electron chi connectivity index (χ1n) is 2.91. The van der Waals surface area contributed by atoms with Crippen molar-refractivity contribution in [2.45, 2.75) is 6.92 Å². The number of ketones is 1. The average Bonchev–Trinajstić information content (AvgIpc) is 1.90. The van der Waals surface area contributed by atoms with Crippen molar-refractivity contribution in [1.82, 2.24) is 0 Å². The van der Waals surface area contributed by atoms with Crippen LogP contribution in [-0.2, 0) is 0 Å².